The van der Waals surface area contributed by atoms with Crippen LogP contribution in [0.2, 0.25) is 0 Å². The molecule has 1 fully saturated rings. The molecule has 1 unspecified atom stereocenters. The minimum absolute atomic E-state index is 0.252. The number of primary amides is 1. The van der Waals surface area contributed by atoms with E-state index in [9.17, 15) is 4.79 Å². The average molecular weight is 192 g/mol. The van der Waals surface area contributed by atoms with E-state index < -0.39 is 11.8 Å². The summed E-state index contributed by atoms with van der Waals surface area (Å²) >= 11 is 4.79. The van der Waals surface area contributed by atoms with Gasteiger partial charge >= 0.3 is 0 Å². The van der Waals surface area contributed by atoms with E-state index in [0.717, 1.165) is 0 Å². The van der Waals surface area contributed by atoms with Gasteiger partial charge in [0.2, 0.25) is 5.91 Å². The Hall–Kier alpha value is -0.0700. The number of nitrogens with two attached hydrogens (primary N) is 1. The number of hydrogen-bond acceptors (Lipinski definition) is 5. The molecular weight excluding hydrogens is 188 g/mol. The first-order valence-corrected chi connectivity index (χ1v) is 4.95. The van der Waals surface area contributed by atoms with Gasteiger partial charge in [-0.3, -0.25) is 10.2 Å². The molecule has 6 heteroatoms. The first-order valence-electron chi connectivity index (χ1n) is 2.39. The second kappa shape index (κ2) is 2.89. The average Bonchev–Trinajstić information content (AvgIpc) is 2.11. The molecule has 1 aliphatic heterocycles. The van der Waals surface area contributed by atoms with Gasteiger partial charge in [0.25, 0.3) is 0 Å². The maximum atomic E-state index is 10.6. The molecule has 0 aromatic carbocycles. The van der Waals surface area contributed by atoms with Crippen molar-refractivity contribution in [1.29, 1.82) is 5.41 Å². The van der Waals surface area contributed by atoms with E-state index in [-0.39, 0.29) is 5.04 Å². The Morgan fingerprint density at radius 3 is 2.50 bits per heavy atom. The topological polar surface area (TPSA) is 66.9 Å². The minimum atomic E-state index is -0.620. The summed E-state index contributed by atoms with van der Waals surface area (Å²) < 4.78 is 0.502. The predicted molar refractivity (Wildman–Crippen MR) is 48.2 cm³/mol. The number of hydrogen-bond donors (Lipinski definition) is 2. The molecule has 1 amide bonds. The highest BCUT2D eigenvalue weighted by Gasteiger charge is 2.33. The van der Waals surface area contributed by atoms with Crippen LogP contribution < -0.4 is 5.73 Å². The van der Waals surface area contributed by atoms with E-state index >= 15 is 0 Å². The Balaban J connectivity index is 2.82. The van der Waals surface area contributed by atoms with E-state index in [2.05, 4.69) is 0 Å². The first kappa shape index (κ1) is 8.03. The van der Waals surface area contributed by atoms with Crippen molar-refractivity contribution in [3.05, 3.63) is 0 Å². The third-order valence-electron chi connectivity index (χ3n) is 0.996. The van der Waals surface area contributed by atoms with Gasteiger partial charge in [0.1, 0.15) is 5.92 Å². The van der Waals surface area contributed by atoms with Crippen molar-refractivity contribution in [2.24, 2.45) is 11.7 Å². The van der Waals surface area contributed by atoms with Crippen LogP contribution in [-0.2, 0) is 4.79 Å². The number of amides is 1. The van der Waals surface area contributed by atoms with Crippen molar-refractivity contribution < 1.29 is 4.79 Å². The molecule has 0 spiro atoms. The molecular formula is C4H4N2OS3. The van der Waals surface area contributed by atoms with Crippen molar-refractivity contribution >= 4 is 49.0 Å². The lowest BCUT2D eigenvalue weighted by Crippen LogP contribution is -2.29. The molecule has 1 saturated heterocycles. The maximum Gasteiger partial charge on any atom is 0.233 e. The quantitative estimate of drug-likeness (QED) is 0.476. The summed E-state index contributed by atoms with van der Waals surface area (Å²) in [5, 5.41) is 7.47. The summed E-state index contributed by atoms with van der Waals surface area (Å²) in [6, 6.07) is 0. The Kier molecular flexibility index (Phi) is 2.32. The van der Waals surface area contributed by atoms with E-state index in [1.807, 2.05) is 0 Å². The molecule has 0 aromatic rings. The van der Waals surface area contributed by atoms with Gasteiger partial charge in [-0.05, 0) is 21.6 Å². The smallest absolute Gasteiger partial charge is 0.233 e. The normalized spacial score (nSPS) is 25.4. The van der Waals surface area contributed by atoms with Crippen LogP contribution >= 0.6 is 33.8 Å². The van der Waals surface area contributed by atoms with Crippen LogP contribution in [0.15, 0.2) is 0 Å². The number of thiocarbonyl (C=S) groups is 1. The van der Waals surface area contributed by atoms with Crippen LogP contribution in [0.3, 0.4) is 0 Å². The summed E-state index contributed by atoms with van der Waals surface area (Å²) in [6.45, 7) is 0. The second-order valence-electron chi connectivity index (χ2n) is 1.69. The number of carbonyl (C=O) groups excluding carboxylic acids is 1. The maximum absolute atomic E-state index is 10.6. The van der Waals surface area contributed by atoms with Crippen molar-refractivity contribution in [2.75, 3.05) is 0 Å². The zero-order valence-corrected chi connectivity index (χ0v) is 7.24. The SMILES string of the molecule is N=C1SSC(=S)C1C(N)=O. The number of nitrogens with one attached hydrogen (secondary N) is 1. The van der Waals surface area contributed by atoms with E-state index in [0.29, 0.717) is 4.20 Å². The molecule has 0 radical (unpaired) electrons. The van der Waals surface area contributed by atoms with E-state index in [1.165, 1.54) is 21.6 Å². The second-order valence-corrected chi connectivity index (χ2v) is 4.60. The van der Waals surface area contributed by atoms with Crippen LogP contribution in [0.25, 0.3) is 0 Å². The highest BCUT2D eigenvalue weighted by Crippen LogP contribution is 2.39. The highest BCUT2D eigenvalue weighted by atomic mass is 33.1. The van der Waals surface area contributed by atoms with E-state index in [4.69, 9.17) is 23.4 Å². The molecule has 1 heterocycles. The van der Waals surface area contributed by atoms with Crippen molar-refractivity contribution in [2.45, 2.75) is 0 Å². The van der Waals surface area contributed by atoms with Crippen LogP contribution in [0, 0.1) is 11.3 Å². The zero-order chi connectivity index (χ0) is 7.72. The Bertz CT molecular complexity index is 199. The van der Waals surface area contributed by atoms with Crippen molar-refractivity contribution in [3.8, 4) is 0 Å². The molecule has 0 bridgehead atoms. The number of carbonyl (C=O) groups is 1. The minimum Gasteiger partial charge on any atom is -0.369 e. The third kappa shape index (κ3) is 1.33. The summed E-state index contributed by atoms with van der Waals surface area (Å²) in [7, 11) is 2.46. The van der Waals surface area contributed by atoms with Crippen LogP contribution in [0.4, 0.5) is 0 Å². The lowest BCUT2D eigenvalue weighted by atomic mass is 10.2. The molecule has 54 valence electrons. The van der Waals surface area contributed by atoms with Gasteiger partial charge in [-0.1, -0.05) is 12.2 Å². The fourth-order valence-corrected chi connectivity index (χ4v) is 3.15. The molecule has 1 aliphatic rings. The van der Waals surface area contributed by atoms with Gasteiger partial charge in [-0.15, -0.1) is 0 Å². The third-order valence-corrected chi connectivity index (χ3v) is 4.02. The molecule has 3 nitrogen and oxygen atoms in total. The lowest BCUT2D eigenvalue weighted by Gasteiger charge is -1.99. The van der Waals surface area contributed by atoms with Crippen molar-refractivity contribution in [3.63, 3.8) is 0 Å². The summed E-state index contributed by atoms with van der Waals surface area (Å²) in [4.78, 5) is 10.6. The van der Waals surface area contributed by atoms with Gasteiger partial charge in [0, 0.05) is 0 Å². The van der Waals surface area contributed by atoms with Crippen LogP contribution in [0.5, 0.6) is 0 Å². The largest absolute Gasteiger partial charge is 0.369 e. The fourth-order valence-electron chi connectivity index (χ4n) is 0.535. The molecule has 0 aromatic heterocycles. The molecule has 1 atom stereocenters. The zero-order valence-electron chi connectivity index (χ0n) is 4.79. The van der Waals surface area contributed by atoms with Crippen LogP contribution in [0.1, 0.15) is 0 Å². The fraction of sp³-hybridized carbons (Fsp3) is 0.250. The van der Waals surface area contributed by atoms with Crippen molar-refractivity contribution in [1.82, 2.24) is 0 Å². The van der Waals surface area contributed by atoms with Gasteiger partial charge in [0.15, 0.2) is 0 Å². The Morgan fingerprint density at radius 2 is 2.30 bits per heavy atom. The molecule has 0 saturated carbocycles. The summed E-state index contributed by atoms with van der Waals surface area (Å²) in [6.07, 6.45) is 0. The highest BCUT2D eigenvalue weighted by molar-refractivity contribution is 8.89. The van der Waals surface area contributed by atoms with Gasteiger partial charge in [-0.25, -0.2) is 0 Å². The molecule has 3 N–H and O–H groups in total. The first-order chi connectivity index (χ1) is 4.63. The van der Waals surface area contributed by atoms with Gasteiger partial charge in [-0.2, -0.15) is 0 Å². The Labute approximate surface area is 71.0 Å². The molecule has 10 heavy (non-hydrogen) atoms. The Morgan fingerprint density at radius 1 is 1.70 bits per heavy atom. The monoisotopic (exact) mass is 192 g/mol. The lowest BCUT2D eigenvalue weighted by molar-refractivity contribution is -0.118. The predicted octanol–water partition coefficient (Wildman–Crippen LogP) is 0.788. The molecule has 0 aliphatic carbocycles. The van der Waals surface area contributed by atoms with Gasteiger partial charge < -0.3 is 5.73 Å². The summed E-state index contributed by atoms with van der Waals surface area (Å²) in [5.41, 5.74) is 4.98. The summed E-state index contributed by atoms with van der Waals surface area (Å²) in [5.74, 6) is -1.14. The van der Waals surface area contributed by atoms with Gasteiger partial charge in [0.05, 0.1) is 9.24 Å². The number of rotatable bonds is 1. The van der Waals surface area contributed by atoms with E-state index in [1.54, 1.807) is 0 Å². The van der Waals surface area contributed by atoms with Crippen LogP contribution in [-0.4, -0.2) is 15.1 Å². The standard InChI is InChI=1S/C4H4N2OS3/c5-2(7)1-3(6)9-10-4(1)8/h1,6H,(H2,5,7). The molecule has 1 rings (SSSR count).